The van der Waals surface area contributed by atoms with E-state index in [4.69, 9.17) is 5.73 Å². The number of carbonyl (C=O) groups excluding carboxylic acids is 4. The van der Waals surface area contributed by atoms with Gasteiger partial charge in [0, 0.05) is 24.1 Å². The van der Waals surface area contributed by atoms with E-state index in [1.165, 1.54) is 37.2 Å². The van der Waals surface area contributed by atoms with Gasteiger partial charge in [-0.2, -0.15) is 0 Å². The van der Waals surface area contributed by atoms with Crippen LogP contribution in [0.4, 0.5) is 5.69 Å². The van der Waals surface area contributed by atoms with E-state index in [2.05, 4.69) is 5.32 Å². The van der Waals surface area contributed by atoms with Gasteiger partial charge in [-0.15, -0.1) is 0 Å². The van der Waals surface area contributed by atoms with Crippen molar-refractivity contribution in [2.24, 2.45) is 17.6 Å². The van der Waals surface area contributed by atoms with E-state index in [9.17, 15) is 44.7 Å². The molecule has 3 aliphatic carbocycles. The molecular formula is C28H34N4O9. The first-order valence-corrected chi connectivity index (χ1v) is 12.9. The van der Waals surface area contributed by atoms with Crippen LogP contribution in [0.15, 0.2) is 41.2 Å². The maximum atomic E-state index is 14.0. The summed E-state index contributed by atoms with van der Waals surface area (Å²) in [5, 5.41) is 59.3. The first-order valence-electron chi connectivity index (χ1n) is 12.9. The highest BCUT2D eigenvalue weighted by molar-refractivity contribution is 6.24. The molecular weight excluding hydrogens is 536 g/mol. The summed E-state index contributed by atoms with van der Waals surface area (Å²) in [6.07, 6.45) is 1.19. The number of phenolic OH excluding ortho intramolecular Hbond substituents is 1. The Morgan fingerprint density at radius 3 is 2.32 bits per heavy atom. The highest BCUT2D eigenvalue weighted by Gasteiger charge is 2.68. The number of Topliss-reactive ketones (excluding diaryl/α,β-unsaturated/α-hetero) is 2. The molecule has 13 heteroatoms. The number of hydrogen-bond donors (Lipinski definition) is 7. The van der Waals surface area contributed by atoms with Crippen LogP contribution in [-0.2, 0) is 19.2 Å². The van der Waals surface area contributed by atoms with Crippen LogP contribution >= 0.6 is 0 Å². The number of likely N-dealkylation sites (N-methyl/N-ethyl adjacent to an activating group) is 2. The average molecular weight is 571 g/mol. The van der Waals surface area contributed by atoms with Crippen LogP contribution in [0.5, 0.6) is 5.75 Å². The fraction of sp³-hybridized carbons (Fsp3) is 0.429. The first kappa shape index (κ1) is 29.9. The Balaban J connectivity index is 1.89. The van der Waals surface area contributed by atoms with Crippen molar-refractivity contribution in [3.05, 3.63) is 52.3 Å². The number of amides is 2. The van der Waals surface area contributed by atoms with Crippen molar-refractivity contribution >= 4 is 34.8 Å². The highest BCUT2D eigenvalue weighted by Crippen LogP contribution is 2.56. The number of nitrogens with two attached hydrogens (primary N) is 1. The molecule has 0 aliphatic heterocycles. The predicted molar refractivity (Wildman–Crippen MR) is 147 cm³/mol. The third kappa shape index (κ3) is 4.41. The number of hydrogen-bond acceptors (Lipinski definition) is 11. The van der Waals surface area contributed by atoms with Gasteiger partial charge in [-0.05, 0) is 45.7 Å². The van der Waals surface area contributed by atoms with Gasteiger partial charge in [0.15, 0.2) is 11.4 Å². The van der Waals surface area contributed by atoms with Gasteiger partial charge in [-0.3, -0.25) is 24.1 Å². The standard InChI is InChI=1S/C28H34N4O9/c1-11-12-8-9-13(30-14(33)7-6-10-31(2)3)21(34)16(12)22(35)17-15(11)23(36)19-20(32(4)5)24(37)18(27(29)40)26(39)28(19,41)25(17)38/h6-9,11,15,19-20,23,34-36,39,41H,10H2,1-5H3,(H2,29,40)(H,30,33)/b7-6-/t11-,15+,19+,20-,23-,28-/m0/s1. The quantitative estimate of drug-likeness (QED) is 0.132. The summed E-state index contributed by atoms with van der Waals surface area (Å²) in [6, 6.07) is 1.50. The van der Waals surface area contributed by atoms with Crippen LogP contribution < -0.4 is 11.1 Å². The molecule has 220 valence electrons. The second kappa shape index (κ2) is 10.4. The lowest BCUT2D eigenvalue weighted by molar-refractivity contribution is -0.169. The molecule has 41 heavy (non-hydrogen) atoms. The Morgan fingerprint density at radius 2 is 1.76 bits per heavy atom. The number of carbonyl (C=O) groups is 4. The number of aliphatic hydroxyl groups is 4. The zero-order valence-electron chi connectivity index (χ0n) is 23.2. The lowest BCUT2D eigenvalue weighted by atomic mass is 9.54. The van der Waals surface area contributed by atoms with Gasteiger partial charge in [0.05, 0.1) is 29.3 Å². The van der Waals surface area contributed by atoms with E-state index in [1.807, 2.05) is 19.0 Å². The van der Waals surface area contributed by atoms with Gasteiger partial charge in [0.25, 0.3) is 5.91 Å². The second-order valence-electron chi connectivity index (χ2n) is 11.1. The molecule has 1 fully saturated rings. The van der Waals surface area contributed by atoms with Crippen molar-refractivity contribution in [1.29, 1.82) is 0 Å². The molecule has 0 heterocycles. The van der Waals surface area contributed by atoms with E-state index in [0.29, 0.717) is 12.1 Å². The largest absolute Gasteiger partial charge is 0.508 e. The van der Waals surface area contributed by atoms with Crippen molar-refractivity contribution in [1.82, 2.24) is 9.80 Å². The fourth-order valence-electron chi connectivity index (χ4n) is 6.26. The lowest BCUT2D eigenvalue weighted by Gasteiger charge is -2.53. The van der Waals surface area contributed by atoms with Crippen molar-refractivity contribution in [3.8, 4) is 5.75 Å². The second-order valence-corrected chi connectivity index (χ2v) is 11.1. The summed E-state index contributed by atoms with van der Waals surface area (Å²) in [6.45, 7) is 2.11. The number of aromatic hydroxyl groups is 1. The maximum Gasteiger partial charge on any atom is 0.255 e. The molecule has 0 saturated heterocycles. The van der Waals surface area contributed by atoms with Gasteiger partial charge >= 0.3 is 0 Å². The number of fused-ring (bicyclic) bond motifs is 3. The highest BCUT2D eigenvalue weighted by atomic mass is 16.4. The van der Waals surface area contributed by atoms with Gasteiger partial charge in [0.1, 0.15) is 22.8 Å². The third-order valence-electron chi connectivity index (χ3n) is 8.13. The van der Waals surface area contributed by atoms with Crippen LogP contribution in [0.3, 0.4) is 0 Å². The monoisotopic (exact) mass is 570 g/mol. The SMILES string of the molecule is C[C@H]1c2ccc(NC(=O)/C=C\CN(C)C)c(O)c2C(O)=C2C(=O)[C@]3(O)C(O)=C(C(N)=O)C(=O)[C@@H](N(C)C)[C@@H]3[C@@H](O)[C@@H]21. The minimum Gasteiger partial charge on any atom is -0.508 e. The third-order valence-corrected chi connectivity index (χ3v) is 8.13. The summed E-state index contributed by atoms with van der Waals surface area (Å²) in [7, 11) is 6.52. The molecule has 13 nitrogen and oxygen atoms in total. The molecule has 2 amide bonds. The number of primary amides is 1. The molecule has 4 rings (SSSR count). The Bertz CT molecular complexity index is 1440. The topological polar surface area (TPSA) is 214 Å². The van der Waals surface area contributed by atoms with Crippen LogP contribution in [0.2, 0.25) is 0 Å². The zero-order valence-corrected chi connectivity index (χ0v) is 23.2. The Hall–Kier alpha value is -4.04. The van der Waals surface area contributed by atoms with E-state index in [0.717, 1.165) is 0 Å². The Kier molecular flexibility index (Phi) is 7.60. The smallest absolute Gasteiger partial charge is 0.255 e. The Morgan fingerprint density at radius 1 is 1.12 bits per heavy atom. The molecule has 0 spiro atoms. The fourth-order valence-corrected chi connectivity index (χ4v) is 6.26. The number of anilines is 1. The number of ketones is 2. The number of rotatable bonds is 6. The molecule has 0 radical (unpaired) electrons. The molecule has 6 atom stereocenters. The summed E-state index contributed by atoms with van der Waals surface area (Å²) >= 11 is 0. The van der Waals surface area contributed by atoms with Crippen molar-refractivity contribution in [2.75, 3.05) is 40.1 Å². The van der Waals surface area contributed by atoms with Crippen LogP contribution in [-0.4, -0.2) is 111 Å². The van der Waals surface area contributed by atoms with Crippen molar-refractivity contribution in [2.45, 2.75) is 30.6 Å². The number of benzene rings is 1. The minimum atomic E-state index is -3.00. The minimum absolute atomic E-state index is 0.0730. The van der Waals surface area contributed by atoms with Crippen molar-refractivity contribution in [3.63, 3.8) is 0 Å². The molecule has 1 aromatic rings. The normalized spacial score (nSPS) is 29.6. The molecule has 1 aromatic carbocycles. The van der Waals surface area contributed by atoms with E-state index in [1.54, 1.807) is 13.0 Å². The average Bonchev–Trinajstić information content (AvgIpc) is 2.87. The van der Waals surface area contributed by atoms with Crippen molar-refractivity contribution < 1.29 is 44.7 Å². The number of phenols is 1. The van der Waals surface area contributed by atoms with Gasteiger partial charge < -0.3 is 41.5 Å². The summed E-state index contributed by atoms with van der Waals surface area (Å²) in [4.78, 5) is 54.9. The summed E-state index contributed by atoms with van der Waals surface area (Å²) in [5.41, 5.74) is 0.868. The number of nitrogens with one attached hydrogen (secondary N) is 1. The number of aliphatic hydroxyl groups excluding tert-OH is 3. The van der Waals surface area contributed by atoms with Gasteiger partial charge in [-0.25, -0.2) is 0 Å². The zero-order chi connectivity index (χ0) is 30.7. The van der Waals surface area contributed by atoms with Crippen LogP contribution in [0.1, 0.15) is 24.0 Å². The molecule has 8 N–H and O–H groups in total. The van der Waals surface area contributed by atoms with E-state index >= 15 is 0 Å². The summed E-state index contributed by atoms with van der Waals surface area (Å²) < 4.78 is 0. The van der Waals surface area contributed by atoms with Gasteiger partial charge in [0.2, 0.25) is 11.7 Å². The molecule has 0 aromatic heterocycles. The lowest BCUT2D eigenvalue weighted by Crippen LogP contribution is -2.70. The Labute approximate surface area is 235 Å². The molecule has 3 aliphatic rings. The maximum absolute atomic E-state index is 14.0. The molecule has 0 unspecified atom stereocenters. The molecule has 1 saturated carbocycles. The van der Waals surface area contributed by atoms with Crippen LogP contribution in [0.25, 0.3) is 5.76 Å². The summed E-state index contributed by atoms with van der Waals surface area (Å²) in [5.74, 6) is -10.4. The first-order chi connectivity index (χ1) is 19.1. The molecule has 0 bridgehead atoms. The number of nitrogens with zero attached hydrogens (tertiary/aromatic N) is 2. The van der Waals surface area contributed by atoms with Gasteiger partial charge in [-0.1, -0.05) is 19.1 Å². The predicted octanol–water partition coefficient (Wildman–Crippen LogP) is -0.448. The van der Waals surface area contributed by atoms with E-state index < -0.39 is 87.3 Å². The van der Waals surface area contributed by atoms with Crippen LogP contribution in [0, 0.1) is 11.8 Å². The van der Waals surface area contributed by atoms with E-state index in [-0.39, 0.29) is 11.3 Å².